The van der Waals surface area contributed by atoms with E-state index in [1.807, 2.05) is 18.2 Å². The summed E-state index contributed by atoms with van der Waals surface area (Å²) in [5, 5.41) is 3.80. The molecular weight excluding hydrogens is 498 g/mol. The molecule has 0 radical (unpaired) electrons. The van der Waals surface area contributed by atoms with E-state index in [1.165, 1.54) is 7.11 Å². The van der Waals surface area contributed by atoms with E-state index in [0.717, 1.165) is 16.8 Å². The van der Waals surface area contributed by atoms with Crippen LogP contribution >= 0.6 is 24.0 Å². The molecule has 1 aliphatic rings. The van der Waals surface area contributed by atoms with Crippen molar-refractivity contribution >= 4 is 57.8 Å². The maximum atomic E-state index is 12.9. The molecule has 3 aromatic carbocycles. The molecule has 0 atom stereocenters. The maximum Gasteiger partial charge on any atom is 0.285 e. The van der Waals surface area contributed by atoms with Crippen LogP contribution in [0, 0.1) is 0 Å². The Bertz CT molecular complexity index is 1330. The van der Waals surface area contributed by atoms with Gasteiger partial charge in [-0.25, -0.2) is 0 Å². The lowest BCUT2D eigenvalue weighted by Gasteiger charge is -2.15. The zero-order valence-electron chi connectivity index (χ0n) is 19.1. The third kappa shape index (κ3) is 6.09. The summed E-state index contributed by atoms with van der Waals surface area (Å²) in [5.74, 6) is -0.419. The molecule has 8 nitrogen and oxygen atoms in total. The topological polar surface area (TPSA) is 97.0 Å². The molecule has 1 aliphatic heterocycles. The molecule has 0 unspecified atom stereocenters. The highest BCUT2D eigenvalue weighted by Gasteiger charge is 2.33. The van der Waals surface area contributed by atoms with Gasteiger partial charge in [0, 0.05) is 11.3 Å². The average molecular weight is 520 g/mol. The Morgan fingerprint density at radius 2 is 1.69 bits per heavy atom. The van der Waals surface area contributed by atoms with Crippen LogP contribution in [0.15, 0.2) is 83.8 Å². The minimum Gasteiger partial charge on any atom is -0.493 e. The van der Waals surface area contributed by atoms with Gasteiger partial charge in [-0.1, -0.05) is 54.2 Å². The number of carbonyl (C=O) groups excluding carboxylic acids is 3. The van der Waals surface area contributed by atoms with Crippen LogP contribution in [0.2, 0.25) is 0 Å². The molecule has 3 aromatic rings. The van der Waals surface area contributed by atoms with E-state index < -0.39 is 11.8 Å². The van der Waals surface area contributed by atoms with Crippen LogP contribution in [0.5, 0.6) is 11.5 Å². The average Bonchev–Trinajstić information content (AvgIpc) is 3.16. The number of benzene rings is 3. The molecule has 3 amide bonds. The van der Waals surface area contributed by atoms with Gasteiger partial charge in [0.15, 0.2) is 22.4 Å². The Balaban J connectivity index is 1.41. The summed E-state index contributed by atoms with van der Waals surface area (Å²) >= 11 is 6.36. The fraction of sp³-hybridized carbons (Fsp3) is 0.0769. The summed E-state index contributed by atoms with van der Waals surface area (Å²) in [6.45, 7) is -0.204. The van der Waals surface area contributed by atoms with E-state index in [4.69, 9.17) is 21.7 Å². The van der Waals surface area contributed by atoms with Gasteiger partial charge in [-0.2, -0.15) is 5.01 Å². The summed E-state index contributed by atoms with van der Waals surface area (Å²) in [6, 6.07) is 22.7. The lowest BCUT2D eigenvalue weighted by molar-refractivity contribution is -0.123. The van der Waals surface area contributed by atoms with Gasteiger partial charge < -0.3 is 14.8 Å². The number of methoxy groups -OCH3 is 1. The maximum absolute atomic E-state index is 12.9. The lowest BCUT2D eigenvalue weighted by atomic mass is 10.2. The van der Waals surface area contributed by atoms with Gasteiger partial charge in [0.2, 0.25) is 0 Å². The first-order valence-corrected chi connectivity index (χ1v) is 12.0. The third-order valence-electron chi connectivity index (χ3n) is 4.94. The fourth-order valence-corrected chi connectivity index (χ4v) is 4.41. The zero-order chi connectivity index (χ0) is 25.5. The van der Waals surface area contributed by atoms with Gasteiger partial charge in [0.25, 0.3) is 17.7 Å². The molecule has 1 fully saturated rings. The second kappa shape index (κ2) is 11.5. The minimum absolute atomic E-state index is 0.204. The number of thiocarbonyl (C=S) groups is 1. The first-order chi connectivity index (χ1) is 17.4. The molecule has 10 heteroatoms. The van der Waals surface area contributed by atoms with E-state index in [2.05, 4.69) is 10.7 Å². The Hall–Kier alpha value is -4.15. The standard InChI is InChI=1S/C26H21N3O5S2/c1-33-21-14-17(12-13-20(21)34-16-23(30)27-19-10-6-3-7-11-19)15-22-25(32)29(26(35)36-22)28-24(31)18-8-4-2-5-9-18/h2-15H,16H2,1H3,(H,27,30)(H,28,31)/b22-15-. The second-order valence-electron chi connectivity index (χ2n) is 7.44. The number of hydrogen-bond donors (Lipinski definition) is 2. The molecule has 0 spiro atoms. The predicted octanol–water partition coefficient (Wildman–Crippen LogP) is 4.26. The highest BCUT2D eigenvalue weighted by molar-refractivity contribution is 8.26. The van der Waals surface area contributed by atoms with Crippen LogP contribution in [-0.4, -0.2) is 40.8 Å². The quantitative estimate of drug-likeness (QED) is 0.339. The van der Waals surface area contributed by atoms with Gasteiger partial charge in [0.05, 0.1) is 12.0 Å². The lowest BCUT2D eigenvalue weighted by Crippen LogP contribution is -2.44. The van der Waals surface area contributed by atoms with E-state index in [9.17, 15) is 14.4 Å². The molecule has 36 heavy (non-hydrogen) atoms. The number of anilines is 1. The van der Waals surface area contributed by atoms with Crippen LogP contribution in [-0.2, 0) is 9.59 Å². The number of nitrogens with zero attached hydrogens (tertiary/aromatic N) is 1. The minimum atomic E-state index is -0.439. The first-order valence-electron chi connectivity index (χ1n) is 10.7. The van der Waals surface area contributed by atoms with Crippen molar-refractivity contribution in [3.8, 4) is 11.5 Å². The van der Waals surface area contributed by atoms with E-state index in [-0.39, 0.29) is 16.8 Å². The molecule has 182 valence electrons. The number of amides is 3. The third-order valence-corrected chi connectivity index (χ3v) is 6.25. The van der Waals surface area contributed by atoms with Crippen molar-refractivity contribution in [2.24, 2.45) is 0 Å². The molecule has 0 saturated carbocycles. The number of thioether (sulfide) groups is 1. The van der Waals surface area contributed by atoms with Crippen LogP contribution in [0.4, 0.5) is 5.69 Å². The summed E-state index contributed by atoms with van der Waals surface area (Å²) in [4.78, 5) is 37.8. The van der Waals surface area contributed by atoms with Gasteiger partial charge in [-0.15, -0.1) is 0 Å². The summed E-state index contributed by atoms with van der Waals surface area (Å²) < 4.78 is 11.2. The van der Waals surface area contributed by atoms with E-state index in [0.29, 0.717) is 33.2 Å². The van der Waals surface area contributed by atoms with Crippen LogP contribution < -0.4 is 20.2 Å². The number of nitrogens with one attached hydrogen (secondary N) is 2. The number of ether oxygens (including phenoxy) is 2. The molecule has 0 aliphatic carbocycles. The molecule has 0 bridgehead atoms. The normalized spacial score (nSPS) is 14.0. The second-order valence-corrected chi connectivity index (χ2v) is 9.11. The zero-order valence-corrected chi connectivity index (χ0v) is 20.7. The Morgan fingerprint density at radius 3 is 2.39 bits per heavy atom. The monoisotopic (exact) mass is 519 g/mol. The molecular formula is C26H21N3O5S2. The SMILES string of the molecule is COc1cc(/C=C2\SC(=S)N(NC(=O)c3ccccc3)C2=O)ccc1OCC(=O)Nc1ccccc1. The smallest absolute Gasteiger partial charge is 0.285 e. The number of hydrogen-bond acceptors (Lipinski definition) is 7. The highest BCUT2D eigenvalue weighted by atomic mass is 32.2. The molecule has 0 aromatic heterocycles. The fourth-order valence-electron chi connectivity index (χ4n) is 3.23. The van der Waals surface area contributed by atoms with E-state index in [1.54, 1.807) is 66.7 Å². The van der Waals surface area contributed by atoms with Crippen LogP contribution in [0.3, 0.4) is 0 Å². The van der Waals surface area contributed by atoms with Gasteiger partial charge in [-0.3, -0.25) is 19.8 Å². The molecule has 4 rings (SSSR count). The van der Waals surface area contributed by atoms with Crippen LogP contribution in [0.1, 0.15) is 15.9 Å². The molecule has 1 saturated heterocycles. The van der Waals surface area contributed by atoms with Crippen molar-refractivity contribution in [1.82, 2.24) is 10.4 Å². The summed E-state index contributed by atoms with van der Waals surface area (Å²) in [6.07, 6.45) is 1.64. The molecule has 1 heterocycles. The van der Waals surface area contributed by atoms with Crippen molar-refractivity contribution in [3.63, 3.8) is 0 Å². The number of para-hydroxylation sites is 1. The Kier molecular flexibility index (Phi) is 7.99. The Morgan fingerprint density at radius 1 is 1.00 bits per heavy atom. The van der Waals surface area contributed by atoms with Gasteiger partial charge in [-0.05, 0) is 60.3 Å². The summed E-state index contributed by atoms with van der Waals surface area (Å²) in [5.41, 5.74) is 4.28. The van der Waals surface area contributed by atoms with Crippen molar-refractivity contribution in [3.05, 3.63) is 94.9 Å². The highest BCUT2D eigenvalue weighted by Crippen LogP contribution is 2.34. The van der Waals surface area contributed by atoms with Crippen molar-refractivity contribution in [2.45, 2.75) is 0 Å². The van der Waals surface area contributed by atoms with Crippen molar-refractivity contribution < 1.29 is 23.9 Å². The largest absolute Gasteiger partial charge is 0.493 e. The molecule has 2 N–H and O–H groups in total. The van der Waals surface area contributed by atoms with Crippen LogP contribution in [0.25, 0.3) is 6.08 Å². The van der Waals surface area contributed by atoms with Gasteiger partial charge in [0.1, 0.15) is 0 Å². The van der Waals surface area contributed by atoms with E-state index >= 15 is 0 Å². The van der Waals surface area contributed by atoms with Gasteiger partial charge >= 0.3 is 0 Å². The summed E-state index contributed by atoms with van der Waals surface area (Å²) in [7, 11) is 1.48. The Labute approximate surface area is 217 Å². The number of hydrazine groups is 1. The first kappa shape index (κ1) is 25.0. The number of carbonyl (C=O) groups is 3. The number of rotatable bonds is 8. The predicted molar refractivity (Wildman–Crippen MR) is 142 cm³/mol. The van der Waals surface area contributed by atoms with Crippen molar-refractivity contribution in [2.75, 3.05) is 19.0 Å². The van der Waals surface area contributed by atoms with Crippen molar-refractivity contribution in [1.29, 1.82) is 0 Å².